The van der Waals surface area contributed by atoms with E-state index in [1.165, 1.54) is 44.4 Å². The van der Waals surface area contributed by atoms with Crippen LogP contribution in [0.2, 0.25) is 0 Å². The minimum absolute atomic E-state index is 0.0410. The third-order valence-electron chi connectivity index (χ3n) is 6.84. The fraction of sp³-hybridized carbons (Fsp3) is 0.536. The van der Waals surface area contributed by atoms with Crippen LogP contribution >= 0.6 is 0 Å². The van der Waals surface area contributed by atoms with Crippen molar-refractivity contribution in [3.8, 4) is 5.75 Å². The number of hydrogen-bond acceptors (Lipinski definition) is 5. The fourth-order valence-electron chi connectivity index (χ4n) is 4.70. The number of halogens is 1. The second kappa shape index (κ2) is 14.0. The Bertz CT molecular complexity index is 903. The smallest absolute Gasteiger partial charge is 0.224 e. The third-order valence-corrected chi connectivity index (χ3v) is 6.84. The van der Waals surface area contributed by atoms with Crippen molar-refractivity contribution in [3.63, 3.8) is 0 Å². The van der Waals surface area contributed by atoms with Crippen molar-refractivity contribution in [3.05, 3.63) is 60.1 Å². The molecule has 1 aliphatic carbocycles. The Labute approximate surface area is 209 Å². The molecule has 2 aliphatic rings. The quantitative estimate of drug-likeness (QED) is 0.454. The summed E-state index contributed by atoms with van der Waals surface area (Å²) in [6.45, 7) is 10.6. The zero-order valence-corrected chi connectivity index (χ0v) is 20.9. The molecule has 0 unspecified atom stereocenters. The molecular weight excluding hydrogens is 445 g/mol. The molecule has 0 spiro atoms. The molecule has 3 rings (SSSR count). The van der Waals surface area contributed by atoms with Crippen LogP contribution < -0.4 is 15.8 Å². The van der Waals surface area contributed by atoms with Gasteiger partial charge in [-0.3, -0.25) is 9.69 Å². The number of benzene rings is 1. The number of nitrogens with one attached hydrogen (secondary N) is 1. The van der Waals surface area contributed by atoms with Gasteiger partial charge in [0.05, 0.1) is 19.6 Å². The Morgan fingerprint density at radius 1 is 1.29 bits per heavy atom. The van der Waals surface area contributed by atoms with Gasteiger partial charge in [-0.15, -0.1) is 0 Å². The predicted octanol–water partition coefficient (Wildman–Crippen LogP) is 4.42. The second-order valence-electron chi connectivity index (χ2n) is 9.49. The molecule has 1 aromatic rings. The van der Waals surface area contributed by atoms with Crippen LogP contribution in [0.25, 0.3) is 5.57 Å². The molecule has 35 heavy (non-hydrogen) atoms. The van der Waals surface area contributed by atoms with E-state index in [9.17, 15) is 9.18 Å². The lowest BCUT2D eigenvalue weighted by atomic mass is 9.84. The molecule has 2 fully saturated rings. The highest BCUT2D eigenvalue weighted by molar-refractivity contribution is 5.80. The maximum absolute atomic E-state index is 14.8. The summed E-state index contributed by atoms with van der Waals surface area (Å²) in [7, 11) is 0. The molecule has 1 atom stereocenters. The zero-order chi connectivity index (χ0) is 25.0. The Balaban J connectivity index is 1.47. The minimum Gasteiger partial charge on any atom is -0.492 e. The van der Waals surface area contributed by atoms with Crippen LogP contribution in [0.1, 0.15) is 51.0 Å². The number of amides is 1. The van der Waals surface area contributed by atoms with Crippen molar-refractivity contribution < 1.29 is 18.7 Å². The summed E-state index contributed by atoms with van der Waals surface area (Å²) in [4.78, 5) is 14.7. The average Bonchev–Trinajstić information content (AvgIpc) is 2.86. The average molecular weight is 486 g/mol. The van der Waals surface area contributed by atoms with Gasteiger partial charge in [-0.25, -0.2) is 4.39 Å². The summed E-state index contributed by atoms with van der Waals surface area (Å²) in [6.07, 6.45) is 11.1. The van der Waals surface area contributed by atoms with E-state index in [-0.39, 0.29) is 18.4 Å². The maximum atomic E-state index is 14.8. The first-order valence-electron chi connectivity index (χ1n) is 12.8. The molecule has 1 aromatic carbocycles. The molecule has 7 heteroatoms. The molecule has 6 nitrogen and oxygen atoms in total. The SMILES string of the molecule is C=C(/C=C\C(=C/N)c1ccc(OCCN2CCOCC2)cc1F)CC(=O)N[C@H](C)C1CCCCC1. The zero-order valence-electron chi connectivity index (χ0n) is 20.9. The molecule has 1 amide bonds. The Morgan fingerprint density at radius 2 is 2.03 bits per heavy atom. The van der Waals surface area contributed by atoms with Crippen LogP contribution in [-0.4, -0.2) is 56.3 Å². The Morgan fingerprint density at radius 3 is 2.71 bits per heavy atom. The molecule has 0 bridgehead atoms. The minimum atomic E-state index is -0.417. The van der Waals surface area contributed by atoms with Crippen LogP contribution in [0.5, 0.6) is 5.75 Å². The summed E-state index contributed by atoms with van der Waals surface area (Å²) < 4.78 is 25.9. The lowest BCUT2D eigenvalue weighted by Crippen LogP contribution is -2.38. The first kappa shape index (κ1) is 27.0. The number of morpholine rings is 1. The van der Waals surface area contributed by atoms with E-state index in [0.717, 1.165) is 32.8 Å². The van der Waals surface area contributed by atoms with Gasteiger partial charge in [0.15, 0.2) is 0 Å². The van der Waals surface area contributed by atoms with Gasteiger partial charge in [-0.05, 0) is 43.4 Å². The molecular formula is C28H40FN3O3. The third kappa shape index (κ3) is 8.82. The molecule has 3 N–H and O–H groups in total. The Kier molecular flexibility index (Phi) is 10.8. The van der Waals surface area contributed by atoms with Crippen LogP contribution in [-0.2, 0) is 9.53 Å². The van der Waals surface area contributed by atoms with E-state index in [0.29, 0.717) is 35.0 Å². The van der Waals surface area contributed by atoms with Crippen LogP contribution in [0.3, 0.4) is 0 Å². The number of carbonyl (C=O) groups is 1. The highest BCUT2D eigenvalue weighted by atomic mass is 19.1. The van der Waals surface area contributed by atoms with Crippen molar-refractivity contribution in [1.82, 2.24) is 10.2 Å². The molecule has 1 heterocycles. The normalized spacial score (nSPS) is 19.0. The highest BCUT2D eigenvalue weighted by Crippen LogP contribution is 2.27. The largest absolute Gasteiger partial charge is 0.492 e. The van der Waals surface area contributed by atoms with Crippen molar-refractivity contribution in [2.45, 2.75) is 51.5 Å². The van der Waals surface area contributed by atoms with Gasteiger partial charge < -0.3 is 20.5 Å². The highest BCUT2D eigenvalue weighted by Gasteiger charge is 2.21. The van der Waals surface area contributed by atoms with Gasteiger partial charge in [-0.2, -0.15) is 0 Å². The summed E-state index contributed by atoms with van der Waals surface area (Å²) in [5.41, 5.74) is 7.30. The molecule has 0 radical (unpaired) electrons. The van der Waals surface area contributed by atoms with Crippen LogP contribution in [0.4, 0.5) is 4.39 Å². The Hall–Kier alpha value is -2.64. The van der Waals surface area contributed by atoms with Crippen molar-refractivity contribution in [1.29, 1.82) is 0 Å². The maximum Gasteiger partial charge on any atom is 0.224 e. The number of carbonyl (C=O) groups excluding carboxylic acids is 1. The first-order valence-corrected chi connectivity index (χ1v) is 12.8. The van der Waals surface area contributed by atoms with Crippen molar-refractivity contribution in [2.24, 2.45) is 11.7 Å². The van der Waals surface area contributed by atoms with Crippen LogP contribution in [0, 0.1) is 11.7 Å². The van der Waals surface area contributed by atoms with E-state index in [1.54, 1.807) is 24.3 Å². The van der Waals surface area contributed by atoms with Crippen molar-refractivity contribution >= 4 is 11.5 Å². The van der Waals surface area contributed by atoms with Gasteiger partial charge in [-0.1, -0.05) is 38.0 Å². The van der Waals surface area contributed by atoms with E-state index in [2.05, 4.69) is 23.7 Å². The number of allylic oxidation sites excluding steroid dienone is 3. The van der Waals surface area contributed by atoms with Gasteiger partial charge in [0.2, 0.25) is 5.91 Å². The molecule has 1 saturated heterocycles. The monoisotopic (exact) mass is 485 g/mol. The van der Waals surface area contributed by atoms with Gasteiger partial charge >= 0.3 is 0 Å². The van der Waals surface area contributed by atoms with Gasteiger partial charge in [0.25, 0.3) is 0 Å². The van der Waals surface area contributed by atoms with Crippen LogP contribution in [0.15, 0.2) is 48.7 Å². The summed E-state index contributed by atoms with van der Waals surface area (Å²) >= 11 is 0. The number of nitrogens with two attached hydrogens (primary N) is 1. The van der Waals surface area contributed by atoms with E-state index in [1.807, 2.05) is 0 Å². The topological polar surface area (TPSA) is 76.8 Å². The standard InChI is InChI=1S/C28H40FN3O3/c1-21(18-28(33)31-22(2)23-6-4-3-5-7-23)8-9-24(20-30)26-11-10-25(19-27(26)29)35-17-14-32-12-15-34-16-13-32/h8-11,19-20,22-23H,1,3-7,12-18,30H2,2H3,(H,31,33)/b9-8-,24-20+/t22-/m1/s1. The van der Waals surface area contributed by atoms with Gasteiger partial charge in [0.1, 0.15) is 18.2 Å². The lowest BCUT2D eigenvalue weighted by Gasteiger charge is -2.28. The lowest BCUT2D eigenvalue weighted by molar-refractivity contribution is -0.121. The number of rotatable bonds is 11. The number of ether oxygens (including phenoxy) is 2. The molecule has 0 aromatic heterocycles. The number of nitrogens with zero attached hydrogens (tertiary/aromatic N) is 1. The molecule has 1 saturated carbocycles. The van der Waals surface area contributed by atoms with E-state index >= 15 is 0 Å². The second-order valence-corrected chi connectivity index (χ2v) is 9.49. The molecule has 192 valence electrons. The molecule has 1 aliphatic heterocycles. The van der Waals surface area contributed by atoms with E-state index in [4.69, 9.17) is 15.2 Å². The summed E-state index contributed by atoms with van der Waals surface area (Å²) in [6, 6.07) is 4.94. The fourth-order valence-corrected chi connectivity index (χ4v) is 4.70. The summed E-state index contributed by atoms with van der Waals surface area (Å²) in [5, 5.41) is 3.11. The van der Waals surface area contributed by atoms with E-state index < -0.39 is 5.82 Å². The van der Waals surface area contributed by atoms with Crippen molar-refractivity contribution in [2.75, 3.05) is 39.5 Å². The van der Waals surface area contributed by atoms with Gasteiger partial charge in [0, 0.05) is 49.1 Å². The first-order chi connectivity index (χ1) is 17.0. The summed E-state index contributed by atoms with van der Waals surface area (Å²) in [5.74, 6) is 0.575. The predicted molar refractivity (Wildman–Crippen MR) is 138 cm³/mol. The number of hydrogen-bond donors (Lipinski definition) is 2.